The van der Waals surface area contributed by atoms with E-state index in [2.05, 4.69) is 15.7 Å². The maximum atomic E-state index is 12.8. The van der Waals surface area contributed by atoms with E-state index < -0.39 is 28.2 Å². The maximum absolute atomic E-state index is 12.8. The van der Waals surface area contributed by atoms with Crippen molar-refractivity contribution in [1.29, 1.82) is 0 Å². The maximum Gasteiger partial charge on any atom is 0.425 e. The molecule has 3 aliphatic heterocycles. The average molecular weight is 533 g/mol. The van der Waals surface area contributed by atoms with Gasteiger partial charge in [-0.3, -0.25) is 4.90 Å². The number of amides is 1. The second-order valence-electron chi connectivity index (χ2n) is 10.4. The van der Waals surface area contributed by atoms with Crippen LogP contribution in [0.5, 0.6) is 5.75 Å². The predicted octanol–water partition coefficient (Wildman–Crippen LogP) is 4.47. The van der Waals surface area contributed by atoms with Gasteiger partial charge in [-0.2, -0.15) is 13.2 Å². The molecule has 1 aromatic carbocycles. The zero-order valence-electron chi connectivity index (χ0n) is 20.8. The first-order valence-corrected chi connectivity index (χ1v) is 14.4. The SMILES string of the molecule is Cc1cc(CN2CCCC23CCN(C(=O)OC(C)C(F)(F)F)CC3)cc(OC2CCS(=O)(=O)CC2)c1. The van der Waals surface area contributed by atoms with Crippen LogP contribution < -0.4 is 4.74 Å². The van der Waals surface area contributed by atoms with E-state index in [9.17, 15) is 26.4 Å². The Morgan fingerprint density at radius 3 is 2.42 bits per heavy atom. The van der Waals surface area contributed by atoms with Crippen molar-refractivity contribution in [2.45, 2.75) is 82.8 Å². The van der Waals surface area contributed by atoms with Crippen molar-refractivity contribution in [3.63, 3.8) is 0 Å². The van der Waals surface area contributed by atoms with Gasteiger partial charge in [0.15, 0.2) is 15.9 Å². The van der Waals surface area contributed by atoms with E-state index in [1.54, 1.807) is 0 Å². The molecule has 0 N–H and O–H groups in total. The molecule has 1 amide bonds. The Bertz CT molecular complexity index is 1040. The van der Waals surface area contributed by atoms with E-state index in [0.29, 0.717) is 45.3 Å². The lowest BCUT2D eigenvalue weighted by Gasteiger charge is -2.45. The minimum atomic E-state index is -4.57. The molecule has 3 aliphatic rings. The molecular weight excluding hydrogens is 497 g/mol. The molecule has 11 heteroatoms. The number of rotatable bonds is 5. The van der Waals surface area contributed by atoms with E-state index in [1.165, 1.54) is 4.90 Å². The highest BCUT2D eigenvalue weighted by atomic mass is 32.2. The summed E-state index contributed by atoms with van der Waals surface area (Å²) in [6, 6.07) is 6.11. The number of alkyl halides is 3. The largest absolute Gasteiger partial charge is 0.490 e. The third kappa shape index (κ3) is 6.45. The molecule has 3 saturated heterocycles. The number of hydrogen-bond acceptors (Lipinski definition) is 6. The summed E-state index contributed by atoms with van der Waals surface area (Å²) in [5, 5.41) is 0. The summed E-state index contributed by atoms with van der Waals surface area (Å²) in [6.07, 6.45) is -3.31. The number of piperidine rings is 1. The highest BCUT2D eigenvalue weighted by molar-refractivity contribution is 7.91. The smallest absolute Gasteiger partial charge is 0.425 e. The number of benzene rings is 1. The number of carbonyl (C=O) groups excluding carboxylic acids is 1. The minimum absolute atomic E-state index is 0.0884. The normalized spacial score (nSPS) is 23.5. The van der Waals surface area contributed by atoms with Crippen molar-refractivity contribution in [2.75, 3.05) is 31.1 Å². The summed E-state index contributed by atoms with van der Waals surface area (Å²) >= 11 is 0. The Kier molecular flexibility index (Phi) is 7.81. The van der Waals surface area contributed by atoms with Crippen LogP contribution in [0.15, 0.2) is 18.2 Å². The summed E-state index contributed by atoms with van der Waals surface area (Å²) in [4.78, 5) is 16.1. The third-order valence-electron chi connectivity index (χ3n) is 7.72. The molecule has 1 atom stereocenters. The molecule has 0 saturated carbocycles. The van der Waals surface area contributed by atoms with E-state index in [-0.39, 0.29) is 23.1 Å². The quantitative estimate of drug-likeness (QED) is 0.557. The Labute approximate surface area is 210 Å². The number of halogens is 3. The fourth-order valence-electron chi connectivity index (χ4n) is 5.59. The van der Waals surface area contributed by atoms with Gasteiger partial charge in [-0.25, -0.2) is 13.2 Å². The molecule has 4 rings (SSSR count). The van der Waals surface area contributed by atoms with Crippen molar-refractivity contribution < 1.29 is 35.9 Å². The van der Waals surface area contributed by atoms with Crippen LogP contribution in [0.3, 0.4) is 0 Å². The second-order valence-corrected chi connectivity index (χ2v) is 12.7. The number of likely N-dealkylation sites (tertiary alicyclic amines) is 2. The zero-order chi connectivity index (χ0) is 26.1. The van der Waals surface area contributed by atoms with Gasteiger partial charge in [0.1, 0.15) is 11.9 Å². The molecule has 0 aromatic heterocycles. The molecular formula is C25H35F3N2O5S. The Morgan fingerprint density at radius 1 is 1.11 bits per heavy atom. The lowest BCUT2D eigenvalue weighted by molar-refractivity contribution is -0.200. The highest BCUT2D eigenvalue weighted by Gasteiger charge is 2.45. The van der Waals surface area contributed by atoms with Crippen LogP contribution in [0.1, 0.15) is 56.6 Å². The van der Waals surface area contributed by atoms with Crippen LogP contribution in [-0.2, 0) is 21.1 Å². The van der Waals surface area contributed by atoms with Gasteiger partial charge in [0.25, 0.3) is 0 Å². The molecule has 1 unspecified atom stereocenters. The van der Waals surface area contributed by atoms with E-state index in [4.69, 9.17) is 4.74 Å². The topological polar surface area (TPSA) is 76.2 Å². The molecule has 36 heavy (non-hydrogen) atoms. The van der Waals surface area contributed by atoms with Gasteiger partial charge in [0, 0.05) is 25.2 Å². The summed E-state index contributed by atoms with van der Waals surface area (Å²) < 4.78 is 72.5. The minimum Gasteiger partial charge on any atom is -0.490 e. The molecule has 202 valence electrons. The van der Waals surface area contributed by atoms with Crippen LogP contribution in [0.2, 0.25) is 0 Å². The van der Waals surface area contributed by atoms with Crippen LogP contribution in [0, 0.1) is 6.92 Å². The van der Waals surface area contributed by atoms with Gasteiger partial charge in [-0.05, 0) is 82.2 Å². The second kappa shape index (κ2) is 10.4. The molecule has 7 nitrogen and oxygen atoms in total. The van der Waals surface area contributed by atoms with Crippen LogP contribution in [0.25, 0.3) is 0 Å². The summed E-state index contributed by atoms with van der Waals surface area (Å²) in [6.45, 7) is 5.22. The highest BCUT2D eigenvalue weighted by Crippen LogP contribution is 2.40. The van der Waals surface area contributed by atoms with Gasteiger partial charge in [-0.15, -0.1) is 0 Å². The fraction of sp³-hybridized carbons (Fsp3) is 0.720. The molecule has 1 spiro atoms. The van der Waals surface area contributed by atoms with E-state index in [0.717, 1.165) is 43.2 Å². The first kappa shape index (κ1) is 27.0. The van der Waals surface area contributed by atoms with E-state index in [1.807, 2.05) is 19.1 Å². The lowest BCUT2D eigenvalue weighted by atomic mass is 9.85. The van der Waals surface area contributed by atoms with E-state index >= 15 is 0 Å². The average Bonchev–Trinajstić information content (AvgIpc) is 3.16. The predicted molar refractivity (Wildman–Crippen MR) is 129 cm³/mol. The fourth-order valence-corrected chi connectivity index (χ4v) is 7.04. The number of carbonyl (C=O) groups is 1. The molecule has 0 aliphatic carbocycles. The first-order valence-electron chi connectivity index (χ1n) is 12.6. The van der Waals surface area contributed by atoms with Crippen LogP contribution >= 0.6 is 0 Å². The van der Waals surface area contributed by atoms with Crippen LogP contribution in [0.4, 0.5) is 18.0 Å². The molecule has 0 radical (unpaired) electrons. The van der Waals surface area contributed by atoms with Gasteiger partial charge in [0.05, 0.1) is 11.5 Å². The van der Waals surface area contributed by atoms with Crippen molar-refractivity contribution >= 4 is 15.9 Å². The van der Waals surface area contributed by atoms with Gasteiger partial charge in [0.2, 0.25) is 0 Å². The molecule has 0 bridgehead atoms. The van der Waals surface area contributed by atoms with Gasteiger partial charge >= 0.3 is 12.3 Å². The van der Waals surface area contributed by atoms with Crippen molar-refractivity contribution in [2.24, 2.45) is 0 Å². The van der Waals surface area contributed by atoms with Crippen molar-refractivity contribution in [1.82, 2.24) is 9.80 Å². The molecule has 1 aromatic rings. The zero-order valence-corrected chi connectivity index (χ0v) is 21.7. The number of nitrogens with zero attached hydrogens (tertiary/aromatic N) is 2. The standard InChI is InChI=1S/C25H35F3N2O5S/c1-18-14-20(16-22(15-18)35-21-4-12-36(32,33)13-5-21)17-30-9-3-6-24(30)7-10-29(11-8-24)23(31)34-19(2)25(26,27)28/h14-16,19,21H,3-13,17H2,1-2H3. The third-order valence-corrected chi connectivity index (χ3v) is 9.44. The summed E-state index contributed by atoms with van der Waals surface area (Å²) in [5.41, 5.74) is 2.08. The van der Waals surface area contributed by atoms with Crippen molar-refractivity contribution in [3.8, 4) is 5.75 Å². The Balaban J connectivity index is 1.36. The first-order chi connectivity index (χ1) is 16.9. The van der Waals surface area contributed by atoms with Crippen molar-refractivity contribution in [3.05, 3.63) is 29.3 Å². The molecule has 3 fully saturated rings. The van der Waals surface area contributed by atoms with Gasteiger partial charge in [-0.1, -0.05) is 6.07 Å². The van der Waals surface area contributed by atoms with Gasteiger partial charge < -0.3 is 14.4 Å². The number of sulfone groups is 1. The summed E-state index contributed by atoms with van der Waals surface area (Å²) in [5.74, 6) is 1.07. The number of hydrogen-bond donors (Lipinski definition) is 0. The molecule has 3 heterocycles. The monoisotopic (exact) mass is 532 g/mol. The number of aryl methyl sites for hydroxylation is 1. The Hall–Kier alpha value is -2.01. The van der Waals surface area contributed by atoms with Crippen LogP contribution in [-0.4, -0.2) is 79.4 Å². The lowest BCUT2D eigenvalue weighted by Crippen LogP contribution is -2.53. The Morgan fingerprint density at radius 2 is 1.78 bits per heavy atom. The number of ether oxygens (including phenoxy) is 2. The summed E-state index contributed by atoms with van der Waals surface area (Å²) in [7, 11) is -2.95.